The molecule has 0 aliphatic carbocycles. The molecule has 0 radical (unpaired) electrons. The van der Waals surface area contributed by atoms with E-state index in [0.29, 0.717) is 25.7 Å². The first-order valence-corrected chi connectivity index (χ1v) is 42.9. The van der Waals surface area contributed by atoms with Crippen LogP contribution in [-0.2, 0) is 39.2 Å². The van der Waals surface area contributed by atoms with Crippen LogP contribution in [0.15, 0.2) is 94.8 Å². The Morgan fingerprint density at radius 1 is 0.267 bits per heavy atom. The number of allylic oxidation sites excluding steroid dienone is 8. The van der Waals surface area contributed by atoms with Crippen molar-refractivity contribution < 1.29 is 64.1 Å². The Labute approximate surface area is 645 Å². The summed E-state index contributed by atoms with van der Waals surface area (Å²) in [5.74, 6) is -3.10. The van der Waals surface area contributed by atoms with Crippen LogP contribution in [0.4, 0.5) is 0 Å². The minimum Gasteiger partial charge on any atom is -0.744 e. The molecule has 0 amide bonds. The maximum absolute atomic E-state index is 12.9. The molecule has 0 atom stereocenters. The van der Waals surface area contributed by atoms with Crippen molar-refractivity contribution in [2.24, 2.45) is 0 Å². The van der Waals surface area contributed by atoms with Crippen molar-refractivity contribution in [3.63, 3.8) is 0 Å². The molecule has 0 aromatic heterocycles. The van der Waals surface area contributed by atoms with Crippen molar-refractivity contribution >= 4 is 81.9 Å². The van der Waals surface area contributed by atoms with E-state index in [9.17, 15) is 45.1 Å². The molecule has 0 saturated carbocycles. The molecule has 0 heterocycles. The predicted molar refractivity (Wildman–Crippen MR) is 415 cm³/mol. The summed E-state index contributed by atoms with van der Waals surface area (Å²) in [4.78, 5) is 50.3. The third-order valence-corrected chi connectivity index (χ3v) is 19.6. The van der Waals surface area contributed by atoms with Gasteiger partial charge in [0.05, 0.1) is 58.5 Å². The number of esters is 4. The van der Waals surface area contributed by atoms with Gasteiger partial charge in [0.25, 0.3) is 0 Å². The molecule has 0 aliphatic rings. The number of ether oxygens (including phenoxy) is 4. The first-order chi connectivity index (χ1) is 48.6. The van der Waals surface area contributed by atoms with E-state index >= 15 is 0 Å². The third-order valence-electron chi connectivity index (χ3n) is 17.9. The van der Waals surface area contributed by atoms with Gasteiger partial charge in [0.15, 0.2) is 0 Å². The maximum Gasteiger partial charge on any atom is 2.00 e. The first kappa shape index (κ1) is 97.4. The van der Waals surface area contributed by atoms with E-state index in [1.807, 2.05) is 0 Å². The SMILES string of the molecule is CCC/C=C/CCCCCCCCCCCCOC(=O)c1ccc(S(=O)(=O)[O-])cc1C(=O)OCCCCCCCCCCCC/C=C/CCC.CCC/C=C/CCCCCCCCCCCCOC(=O)c1ccc(S(=O)(=O)[O-])cc1C(=O)OCCCCCCCCCCCC/C=C/CCC.[Ca+2]. The zero-order valence-electron chi connectivity index (χ0n) is 63.9. The van der Waals surface area contributed by atoms with Gasteiger partial charge in [-0.1, -0.05) is 307 Å². The number of carbonyl (C=O) groups excluding carboxylic acids is 4. The normalized spacial score (nSPS) is 11.8. The molecule has 0 N–H and O–H groups in total. The van der Waals surface area contributed by atoms with E-state index in [4.69, 9.17) is 18.9 Å². The average Bonchev–Trinajstić information content (AvgIpc) is 0.819. The van der Waals surface area contributed by atoms with E-state index < -0.39 is 53.9 Å². The van der Waals surface area contributed by atoms with Crippen molar-refractivity contribution in [3.8, 4) is 0 Å². The Morgan fingerprint density at radius 3 is 0.624 bits per heavy atom. The standard InChI is InChI=1S/2C42H70O7S.Ca/c2*1-3-5-7-9-11-13-15-17-19-21-23-25-27-29-31-35-48-41(43)39-34-33-38(50(45,46)47)37-40(39)42(44)49-36-32-30-28-26-24-22-20-18-16-14-12-10-8-6-4-2;/h2*7-10,33-34,37H,3-6,11-32,35-36H2,1-2H3,(H,45,46,47);/q;;+2/p-2/b2*9-7+,10-8+;. The van der Waals surface area contributed by atoms with E-state index in [-0.39, 0.29) is 86.4 Å². The molecule has 0 bridgehead atoms. The predicted octanol–water partition coefficient (Wildman–Crippen LogP) is 24.0. The number of rotatable bonds is 66. The number of benzene rings is 2. The van der Waals surface area contributed by atoms with Crippen LogP contribution in [0.1, 0.15) is 403 Å². The summed E-state index contributed by atoms with van der Waals surface area (Å²) in [6, 6.07) is 6.25. The zero-order valence-corrected chi connectivity index (χ0v) is 67.8. The fraction of sp³-hybridized carbons (Fsp3) is 0.714. The van der Waals surface area contributed by atoms with Crippen molar-refractivity contribution in [2.75, 3.05) is 26.4 Å². The first-order valence-electron chi connectivity index (χ1n) is 40.1. The molecule has 2 aromatic rings. The van der Waals surface area contributed by atoms with E-state index in [1.165, 1.54) is 231 Å². The quantitative estimate of drug-likeness (QED) is 0.0150. The van der Waals surface area contributed by atoms with Crippen LogP contribution < -0.4 is 0 Å². The average molecular weight is 1480 g/mol. The second-order valence-corrected chi connectivity index (χ2v) is 30.0. The third kappa shape index (κ3) is 57.3. The second-order valence-electron chi connectivity index (χ2n) is 27.2. The Kier molecular flexibility index (Phi) is 66.9. The van der Waals surface area contributed by atoms with E-state index in [1.54, 1.807) is 0 Å². The Hall–Kier alpha value is -3.64. The number of carbonyl (C=O) groups is 4. The van der Waals surface area contributed by atoms with E-state index in [0.717, 1.165) is 113 Å². The molecular weight excluding hydrogens is 1340 g/mol. The fourth-order valence-electron chi connectivity index (χ4n) is 11.7. The maximum atomic E-state index is 12.9. The summed E-state index contributed by atoms with van der Waals surface area (Å²) in [5, 5.41) is 0. The minimum absolute atomic E-state index is 0. The van der Waals surface area contributed by atoms with Crippen molar-refractivity contribution in [3.05, 3.63) is 107 Å². The summed E-state index contributed by atoms with van der Waals surface area (Å²) >= 11 is 0. The molecule has 0 spiro atoms. The Morgan fingerprint density at radius 2 is 0.436 bits per heavy atom. The zero-order chi connectivity index (χ0) is 73.1. The summed E-state index contributed by atoms with van der Waals surface area (Å²) < 4.78 is 91.3. The fourth-order valence-corrected chi connectivity index (χ4v) is 12.7. The molecule has 14 nitrogen and oxygen atoms in total. The number of hydrogen-bond acceptors (Lipinski definition) is 14. The molecular formula is C84H138CaO14S2. The minimum atomic E-state index is -4.81. The van der Waals surface area contributed by atoms with E-state index in [2.05, 4.69) is 76.3 Å². The van der Waals surface area contributed by atoms with Gasteiger partial charge < -0.3 is 28.1 Å². The molecule has 0 fully saturated rings. The molecule has 0 unspecified atom stereocenters. The smallest absolute Gasteiger partial charge is 0.744 e. The van der Waals surface area contributed by atoms with Crippen LogP contribution in [0.5, 0.6) is 0 Å². The van der Waals surface area contributed by atoms with Crippen molar-refractivity contribution in [1.82, 2.24) is 0 Å². The summed E-state index contributed by atoms with van der Waals surface area (Å²) in [6.45, 7) is 9.54. The van der Waals surface area contributed by atoms with Crippen LogP contribution in [0.3, 0.4) is 0 Å². The monoisotopic (exact) mass is 1470 g/mol. The topological polar surface area (TPSA) is 220 Å². The van der Waals surface area contributed by atoms with Gasteiger partial charge in [0.2, 0.25) is 0 Å². The van der Waals surface area contributed by atoms with Gasteiger partial charge >= 0.3 is 61.6 Å². The van der Waals surface area contributed by atoms with Crippen LogP contribution >= 0.6 is 0 Å². The van der Waals surface area contributed by atoms with Gasteiger partial charge in [0.1, 0.15) is 20.2 Å². The molecule has 2 rings (SSSR count). The van der Waals surface area contributed by atoms with Crippen molar-refractivity contribution in [1.29, 1.82) is 0 Å². The van der Waals surface area contributed by atoms with Gasteiger partial charge in [0, 0.05) is 0 Å². The molecule has 2 aromatic carbocycles. The van der Waals surface area contributed by atoms with Gasteiger partial charge in [-0.25, -0.2) is 36.0 Å². The molecule has 0 saturated heterocycles. The largest absolute Gasteiger partial charge is 2.00 e. The van der Waals surface area contributed by atoms with Crippen molar-refractivity contribution in [2.45, 2.75) is 371 Å². The van der Waals surface area contributed by atoms with Crippen LogP contribution in [0.25, 0.3) is 0 Å². The van der Waals surface area contributed by atoms with Gasteiger partial charge in [-0.3, -0.25) is 0 Å². The van der Waals surface area contributed by atoms with Crippen LogP contribution in [-0.4, -0.2) is 114 Å². The van der Waals surface area contributed by atoms with Gasteiger partial charge in [-0.2, -0.15) is 0 Å². The number of hydrogen-bond donors (Lipinski definition) is 0. The summed E-state index contributed by atoms with van der Waals surface area (Å²) in [5.41, 5.74) is -0.687. The Bertz CT molecular complexity index is 2540. The molecule has 17 heteroatoms. The second kappa shape index (κ2) is 69.4. The van der Waals surface area contributed by atoms with Gasteiger partial charge in [-0.15, -0.1) is 0 Å². The summed E-state index contributed by atoms with van der Waals surface area (Å²) in [7, 11) is -9.63. The van der Waals surface area contributed by atoms with Gasteiger partial charge in [-0.05, 0) is 139 Å². The van der Waals surface area contributed by atoms with Crippen LogP contribution in [0.2, 0.25) is 0 Å². The number of unbranched alkanes of at least 4 members (excludes halogenated alkanes) is 44. The molecule has 572 valence electrons. The molecule has 101 heavy (non-hydrogen) atoms. The molecule has 0 aliphatic heterocycles. The Balaban J connectivity index is 0.00000196. The van der Waals surface area contributed by atoms with Crippen LogP contribution in [0, 0.1) is 0 Å². The summed E-state index contributed by atoms with van der Waals surface area (Å²) in [6.07, 6.45) is 78.6.